The summed E-state index contributed by atoms with van der Waals surface area (Å²) in [4.78, 5) is 10.7. The predicted octanol–water partition coefficient (Wildman–Crippen LogP) is 1.32. The number of cyclic esters (lactones) is 1. The molecular weight excluding hydrogens is 264 g/mol. The number of carbonyl (C=O) groups excluding carboxylic acids is 1. The molecule has 0 radical (unpaired) electrons. The third-order valence-corrected chi connectivity index (χ3v) is 3.40. The second kappa shape index (κ2) is 5.29. The summed E-state index contributed by atoms with van der Waals surface area (Å²) < 4.78 is 30.2. The maximum atomic E-state index is 12.8. The van der Waals surface area contributed by atoms with Gasteiger partial charge in [-0.25, -0.2) is 4.79 Å². The van der Waals surface area contributed by atoms with E-state index in [1.165, 1.54) is 11.3 Å². The number of thiophene rings is 1. The summed E-state index contributed by atoms with van der Waals surface area (Å²) in [5.41, 5.74) is 0.779. The molecule has 1 aliphatic rings. The molecule has 0 spiro atoms. The van der Waals surface area contributed by atoms with Crippen LogP contribution in [0.25, 0.3) is 0 Å². The number of ether oxygens (including phenoxy) is 1. The first kappa shape index (κ1) is 13.4. The van der Waals surface area contributed by atoms with Crippen LogP contribution in [0.15, 0.2) is 16.8 Å². The third kappa shape index (κ3) is 3.04. The molecule has 0 amide bonds. The minimum Gasteiger partial charge on any atom is -0.456 e. The van der Waals surface area contributed by atoms with Gasteiger partial charge in [0.25, 0.3) is 0 Å². The summed E-state index contributed by atoms with van der Waals surface area (Å²) in [5.74, 6) is -4.84. The zero-order valence-corrected chi connectivity index (χ0v) is 10.3. The Hall–Kier alpha value is -1.05. The van der Waals surface area contributed by atoms with Gasteiger partial charge in [0, 0.05) is 13.1 Å². The Morgan fingerprint density at radius 3 is 3.00 bits per heavy atom. The van der Waals surface area contributed by atoms with Gasteiger partial charge in [-0.3, -0.25) is 0 Å². The molecule has 2 N–H and O–H groups in total. The third-order valence-electron chi connectivity index (χ3n) is 2.69. The standard InChI is InChI=1S/C11H13F2NO3S/c12-11(13)3-8(17-10(11)16)4-14-5-9(15)7-1-2-18-6-7/h1-2,6,8-9,14-15H,3-5H2. The Balaban J connectivity index is 1.72. The molecule has 2 unspecified atom stereocenters. The zero-order chi connectivity index (χ0) is 13.2. The van der Waals surface area contributed by atoms with Crippen molar-refractivity contribution in [2.45, 2.75) is 24.6 Å². The second-order valence-electron chi connectivity index (χ2n) is 4.17. The highest BCUT2D eigenvalue weighted by Crippen LogP contribution is 2.30. The summed E-state index contributed by atoms with van der Waals surface area (Å²) >= 11 is 1.47. The van der Waals surface area contributed by atoms with Crippen LogP contribution in [0.4, 0.5) is 8.78 Å². The van der Waals surface area contributed by atoms with E-state index in [0.717, 1.165) is 5.56 Å². The lowest BCUT2D eigenvalue weighted by Crippen LogP contribution is -2.30. The van der Waals surface area contributed by atoms with Gasteiger partial charge in [0.15, 0.2) is 0 Å². The highest BCUT2D eigenvalue weighted by atomic mass is 32.1. The van der Waals surface area contributed by atoms with Crippen molar-refractivity contribution in [3.05, 3.63) is 22.4 Å². The largest absolute Gasteiger partial charge is 0.456 e. The molecule has 0 saturated carbocycles. The molecule has 1 aromatic rings. The van der Waals surface area contributed by atoms with Crippen LogP contribution in [0.5, 0.6) is 0 Å². The Kier molecular flexibility index (Phi) is 3.94. The minimum atomic E-state index is -3.38. The lowest BCUT2D eigenvalue weighted by molar-refractivity contribution is -0.159. The summed E-state index contributed by atoms with van der Waals surface area (Å²) in [5, 5.41) is 16.2. The molecular formula is C11H13F2NO3S. The number of alkyl halides is 2. The normalized spacial score (nSPS) is 23.9. The monoisotopic (exact) mass is 277 g/mol. The Morgan fingerprint density at radius 1 is 1.67 bits per heavy atom. The molecule has 2 atom stereocenters. The number of nitrogens with one attached hydrogen (secondary N) is 1. The van der Waals surface area contributed by atoms with E-state index in [1.54, 1.807) is 6.07 Å². The maximum Gasteiger partial charge on any atom is 0.377 e. The molecule has 2 rings (SSSR count). The van der Waals surface area contributed by atoms with Crippen LogP contribution >= 0.6 is 11.3 Å². The fraction of sp³-hybridized carbons (Fsp3) is 0.545. The molecule has 18 heavy (non-hydrogen) atoms. The molecule has 1 saturated heterocycles. The van der Waals surface area contributed by atoms with E-state index < -0.39 is 30.5 Å². The number of rotatable bonds is 5. The molecule has 0 aromatic carbocycles. The first-order valence-electron chi connectivity index (χ1n) is 5.49. The molecule has 0 aliphatic carbocycles. The molecule has 1 aliphatic heterocycles. The van der Waals surface area contributed by atoms with Gasteiger partial charge in [-0.15, -0.1) is 0 Å². The number of aliphatic hydroxyl groups is 1. The highest BCUT2D eigenvalue weighted by molar-refractivity contribution is 7.07. The Morgan fingerprint density at radius 2 is 2.44 bits per heavy atom. The number of hydrogen-bond donors (Lipinski definition) is 2. The smallest absolute Gasteiger partial charge is 0.377 e. The summed E-state index contributed by atoms with van der Waals surface area (Å²) in [6, 6.07) is 1.79. The van der Waals surface area contributed by atoms with Crippen molar-refractivity contribution in [1.29, 1.82) is 0 Å². The summed E-state index contributed by atoms with van der Waals surface area (Å²) in [6.07, 6.45) is -2.12. The summed E-state index contributed by atoms with van der Waals surface area (Å²) in [7, 11) is 0. The number of hydrogen-bond acceptors (Lipinski definition) is 5. The number of esters is 1. The van der Waals surface area contributed by atoms with Gasteiger partial charge in [0.2, 0.25) is 0 Å². The molecule has 100 valence electrons. The lowest BCUT2D eigenvalue weighted by atomic mass is 10.2. The molecule has 7 heteroatoms. The van der Waals surface area contributed by atoms with Crippen LogP contribution in [-0.2, 0) is 9.53 Å². The number of aliphatic hydroxyl groups excluding tert-OH is 1. The first-order chi connectivity index (χ1) is 8.49. The van der Waals surface area contributed by atoms with Crippen molar-refractivity contribution in [2.24, 2.45) is 0 Å². The van der Waals surface area contributed by atoms with E-state index in [-0.39, 0.29) is 13.1 Å². The molecule has 1 aromatic heterocycles. The van der Waals surface area contributed by atoms with Gasteiger partial charge in [0.1, 0.15) is 6.10 Å². The van der Waals surface area contributed by atoms with Crippen molar-refractivity contribution in [3.63, 3.8) is 0 Å². The van der Waals surface area contributed by atoms with E-state index >= 15 is 0 Å². The van der Waals surface area contributed by atoms with E-state index in [0.29, 0.717) is 0 Å². The maximum absolute atomic E-state index is 12.8. The van der Waals surface area contributed by atoms with Crippen molar-refractivity contribution in [1.82, 2.24) is 5.32 Å². The number of halogens is 2. The fourth-order valence-corrected chi connectivity index (χ4v) is 2.43. The minimum absolute atomic E-state index is 0.114. The topological polar surface area (TPSA) is 58.6 Å². The first-order valence-corrected chi connectivity index (χ1v) is 6.43. The Bertz CT molecular complexity index is 410. The van der Waals surface area contributed by atoms with E-state index in [1.807, 2.05) is 10.8 Å². The second-order valence-corrected chi connectivity index (χ2v) is 4.95. The molecule has 4 nitrogen and oxygen atoms in total. The van der Waals surface area contributed by atoms with Crippen LogP contribution in [0.3, 0.4) is 0 Å². The Labute approximate surface area is 107 Å². The molecule has 1 fully saturated rings. The van der Waals surface area contributed by atoms with Gasteiger partial charge in [-0.2, -0.15) is 20.1 Å². The SMILES string of the molecule is O=C1OC(CNCC(O)c2ccsc2)CC1(F)F. The van der Waals surface area contributed by atoms with Gasteiger partial charge in [-0.1, -0.05) is 0 Å². The van der Waals surface area contributed by atoms with E-state index in [4.69, 9.17) is 0 Å². The van der Waals surface area contributed by atoms with Crippen molar-refractivity contribution in [3.8, 4) is 0 Å². The zero-order valence-electron chi connectivity index (χ0n) is 9.44. The van der Waals surface area contributed by atoms with Gasteiger partial charge < -0.3 is 15.2 Å². The quantitative estimate of drug-likeness (QED) is 0.797. The molecule has 2 heterocycles. The average Bonchev–Trinajstić information content (AvgIpc) is 2.88. The van der Waals surface area contributed by atoms with Crippen LogP contribution in [0.2, 0.25) is 0 Å². The van der Waals surface area contributed by atoms with Gasteiger partial charge in [0.05, 0.1) is 12.5 Å². The number of carbonyl (C=O) groups is 1. The van der Waals surface area contributed by atoms with Crippen molar-refractivity contribution in [2.75, 3.05) is 13.1 Å². The van der Waals surface area contributed by atoms with Crippen molar-refractivity contribution >= 4 is 17.3 Å². The van der Waals surface area contributed by atoms with Crippen molar-refractivity contribution < 1.29 is 23.4 Å². The van der Waals surface area contributed by atoms with Crippen LogP contribution in [0.1, 0.15) is 18.1 Å². The van der Waals surface area contributed by atoms with Gasteiger partial charge >= 0.3 is 11.9 Å². The van der Waals surface area contributed by atoms with Gasteiger partial charge in [-0.05, 0) is 22.4 Å². The fourth-order valence-electron chi connectivity index (χ4n) is 1.73. The van der Waals surface area contributed by atoms with Crippen LogP contribution in [-0.4, -0.2) is 36.2 Å². The van der Waals surface area contributed by atoms with E-state index in [9.17, 15) is 18.7 Å². The highest BCUT2D eigenvalue weighted by Gasteiger charge is 2.50. The van der Waals surface area contributed by atoms with Crippen LogP contribution < -0.4 is 5.32 Å². The lowest BCUT2D eigenvalue weighted by Gasteiger charge is -2.13. The van der Waals surface area contributed by atoms with E-state index in [2.05, 4.69) is 10.1 Å². The predicted molar refractivity (Wildman–Crippen MR) is 61.6 cm³/mol. The average molecular weight is 277 g/mol. The van der Waals surface area contributed by atoms with Crippen LogP contribution in [0, 0.1) is 0 Å². The molecule has 0 bridgehead atoms. The summed E-state index contributed by atoms with van der Waals surface area (Å²) in [6.45, 7) is 0.346.